The first-order valence-corrected chi connectivity index (χ1v) is 13.3. The molecule has 2 atom stereocenters. The Morgan fingerprint density at radius 2 is 1.10 bits per heavy atom. The molecule has 0 aliphatic rings. The van der Waals surface area contributed by atoms with E-state index >= 15 is 0 Å². The van der Waals surface area contributed by atoms with Crippen LogP contribution in [0.5, 0.6) is 0 Å². The molecule has 31 heavy (non-hydrogen) atoms. The summed E-state index contributed by atoms with van der Waals surface area (Å²) >= 11 is 0. The summed E-state index contributed by atoms with van der Waals surface area (Å²) < 4.78 is 55.8. The Hall–Kier alpha value is -1.78. The molecule has 0 heterocycles. The second-order valence-electron chi connectivity index (χ2n) is 8.28. The molecule has 0 fully saturated rings. The monoisotopic (exact) mass is 467 g/mol. The van der Waals surface area contributed by atoms with Crippen molar-refractivity contribution >= 4 is 20.0 Å². The van der Waals surface area contributed by atoms with Gasteiger partial charge in [0.15, 0.2) is 0 Å². The Morgan fingerprint density at radius 1 is 0.677 bits per heavy atom. The van der Waals surface area contributed by atoms with Crippen molar-refractivity contribution in [3.63, 3.8) is 0 Å². The van der Waals surface area contributed by atoms with Crippen LogP contribution in [0.2, 0.25) is 0 Å². The molecule has 172 valence electrons. The summed E-state index contributed by atoms with van der Waals surface area (Å²) in [6.45, 7) is 10.2. The van der Waals surface area contributed by atoms with E-state index in [1.54, 1.807) is 55.5 Å². The molecule has 2 aromatic carbocycles. The molecule has 0 aliphatic carbocycles. The largest absolute Gasteiger partial charge is 0.314 e. The number of aryl methyl sites for hydroxylation is 2. The van der Waals surface area contributed by atoms with Crippen LogP contribution in [0.3, 0.4) is 0 Å². The molecule has 0 saturated heterocycles. The molecule has 0 aromatic heterocycles. The fourth-order valence-electron chi connectivity index (χ4n) is 2.95. The molecule has 9 heteroatoms. The predicted octanol–water partition coefficient (Wildman–Crippen LogP) is 2.56. The van der Waals surface area contributed by atoms with Crippen LogP contribution >= 0.6 is 0 Å². The fraction of sp³-hybridized carbons (Fsp3) is 0.455. The summed E-state index contributed by atoms with van der Waals surface area (Å²) in [6.07, 6.45) is 0. The van der Waals surface area contributed by atoms with Gasteiger partial charge in [0.2, 0.25) is 20.0 Å². The molecular formula is C22H33N3O4S2. The van der Waals surface area contributed by atoms with Gasteiger partial charge in [0.1, 0.15) is 0 Å². The minimum atomic E-state index is -3.64. The van der Waals surface area contributed by atoms with Crippen LogP contribution < -0.4 is 14.8 Å². The van der Waals surface area contributed by atoms with Crippen molar-refractivity contribution < 1.29 is 16.8 Å². The van der Waals surface area contributed by atoms with E-state index in [4.69, 9.17) is 0 Å². The van der Waals surface area contributed by atoms with E-state index < -0.39 is 20.0 Å². The molecule has 2 rings (SSSR count). The van der Waals surface area contributed by atoms with E-state index in [-0.39, 0.29) is 27.8 Å². The van der Waals surface area contributed by atoms with Gasteiger partial charge in [0, 0.05) is 25.2 Å². The van der Waals surface area contributed by atoms with Crippen molar-refractivity contribution in [3.8, 4) is 0 Å². The van der Waals surface area contributed by atoms with Crippen molar-refractivity contribution in [2.24, 2.45) is 5.92 Å². The quantitative estimate of drug-likeness (QED) is 0.471. The number of hydrogen-bond acceptors (Lipinski definition) is 5. The number of sulfonamides is 2. The van der Waals surface area contributed by atoms with Crippen LogP contribution in [0.4, 0.5) is 0 Å². The molecule has 0 bridgehead atoms. The maximum absolute atomic E-state index is 12.7. The summed E-state index contributed by atoms with van der Waals surface area (Å²) in [5.74, 6) is 0.0484. The summed E-state index contributed by atoms with van der Waals surface area (Å²) in [4.78, 5) is 0.443. The van der Waals surface area contributed by atoms with Crippen LogP contribution in [0, 0.1) is 19.8 Å². The molecule has 0 unspecified atom stereocenters. The third-order valence-corrected chi connectivity index (χ3v) is 8.06. The zero-order chi connectivity index (χ0) is 23.2. The van der Waals surface area contributed by atoms with Crippen molar-refractivity contribution in [3.05, 3.63) is 59.7 Å². The van der Waals surface area contributed by atoms with Crippen molar-refractivity contribution in [2.45, 2.75) is 56.5 Å². The van der Waals surface area contributed by atoms with Gasteiger partial charge in [-0.15, -0.1) is 0 Å². The summed E-state index contributed by atoms with van der Waals surface area (Å²) in [7, 11) is -7.26. The lowest BCUT2D eigenvalue weighted by atomic mass is 10.1. The predicted molar refractivity (Wildman–Crippen MR) is 124 cm³/mol. The normalized spacial score (nSPS) is 14.5. The van der Waals surface area contributed by atoms with Crippen LogP contribution in [-0.4, -0.2) is 42.0 Å². The highest BCUT2D eigenvalue weighted by molar-refractivity contribution is 7.89. The third kappa shape index (κ3) is 7.69. The lowest BCUT2D eigenvalue weighted by molar-refractivity contribution is 0.414. The van der Waals surface area contributed by atoms with E-state index in [2.05, 4.69) is 14.8 Å². The van der Waals surface area contributed by atoms with Gasteiger partial charge in [-0.25, -0.2) is 26.3 Å². The Balaban J connectivity index is 1.93. The summed E-state index contributed by atoms with van der Waals surface area (Å²) in [6, 6.07) is 12.7. The van der Waals surface area contributed by atoms with Gasteiger partial charge in [-0.1, -0.05) is 49.2 Å². The van der Waals surface area contributed by atoms with Crippen LogP contribution in [0.15, 0.2) is 58.3 Å². The maximum atomic E-state index is 12.7. The van der Waals surface area contributed by atoms with Crippen LogP contribution in [-0.2, 0) is 20.0 Å². The molecule has 0 radical (unpaired) electrons. The highest BCUT2D eigenvalue weighted by Gasteiger charge is 2.23. The van der Waals surface area contributed by atoms with E-state index in [1.807, 2.05) is 27.7 Å². The molecule has 0 saturated carbocycles. The third-order valence-electron chi connectivity index (χ3n) is 4.94. The second-order valence-corrected chi connectivity index (χ2v) is 11.7. The second kappa shape index (κ2) is 10.7. The number of nitrogens with one attached hydrogen (secondary N) is 3. The van der Waals surface area contributed by atoms with Gasteiger partial charge in [-0.3, -0.25) is 0 Å². The summed E-state index contributed by atoms with van der Waals surface area (Å²) in [5, 5.41) is 3.18. The smallest absolute Gasteiger partial charge is 0.240 e. The van der Waals surface area contributed by atoms with Crippen molar-refractivity contribution in [2.75, 3.05) is 13.1 Å². The molecule has 0 amide bonds. The van der Waals surface area contributed by atoms with Gasteiger partial charge in [-0.05, 0) is 51.0 Å². The average molecular weight is 468 g/mol. The highest BCUT2D eigenvalue weighted by atomic mass is 32.2. The Morgan fingerprint density at radius 3 is 1.52 bits per heavy atom. The first-order chi connectivity index (χ1) is 14.4. The SMILES string of the molecule is Cc1ccc(S(=O)(=O)N[C@@H](C)CNC[C@@H](NS(=O)(=O)c2ccc(C)cc2)C(C)C)cc1. The Bertz CT molecular complexity index is 1050. The maximum Gasteiger partial charge on any atom is 0.240 e. The molecule has 0 spiro atoms. The Labute approximate surface area is 186 Å². The standard InChI is InChI=1S/C22H33N3O4S2/c1-16(2)22(25-31(28,29)21-12-8-18(4)9-13-21)15-23-14-19(5)24-30(26,27)20-10-6-17(3)7-11-20/h6-13,16,19,22-25H,14-15H2,1-5H3/t19-,22+/m0/s1. The number of rotatable bonds is 11. The van der Waals surface area contributed by atoms with Crippen molar-refractivity contribution in [1.82, 2.24) is 14.8 Å². The lowest BCUT2D eigenvalue weighted by Gasteiger charge is -2.24. The van der Waals surface area contributed by atoms with E-state index in [9.17, 15) is 16.8 Å². The molecular weight excluding hydrogens is 434 g/mol. The molecule has 3 N–H and O–H groups in total. The van der Waals surface area contributed by atoms with Gasteiger partial charge in [-0.2, -0.15) is 0 Å². The summed E-state index contributed by atoms with van der Waals surface area (Å²) in [5.41, 5.74) is 1.98. The van der Waals surface area contributed by atoms with Gasteiger partial charge < -0.3 is 5.32 Å². The minimum Gasteiger partial charge on any atom is -0.314 e. The van der Waals surface area contributed by atoms with Gasteiger partial charge >= 0.3 is 0 Å². The van der Waals surface area contributed by atoms with Gasteiger partial charge in [0.05, 0.1) is 9.79 Å². The highest BCUT2D eigenvalue weighted by Crippen LogP contribution is 2.13. The zero-order valence-corrected chi connectivity index (χ0v) is 20.3. The Kier molecular flexibility index (Phi) is 8.79. The van der Waals surface area contributed by atoms with E-state index in [0.717, 1.165) is 11.1 Å². The minimum absolute atomic E-state index is 0.0484. The topological polar surface area (TPSA) is 104 Å². The number of benzene rings is 2. The molecule has 7 nitrogen and oxygen atoms in total. The van der Waals surface area contributed by atoms with E-state index in [1.165, 1.54) is 0 Å². The van der Waals surface area contributed by atoms with E-state index in [0.29, 0.717) is 13.1 Å². The van der Waals surface area contributed by atoms with Gasteiger partial charge in [0.25, 0.3) is 0 Å². The van der Waals surface area contributed by atoms with Crippen LogP contribution in [0.1, 0.15) is 31.9 Å². The average Bonchev–Trinajstić information content (AvgIpc) is 2.67. The molecule has 2 aromatic rings. The lowest BCUT2D eigenvalue weighted by Crippen LogP contribution is -2.48. The van der Waals surface area contributed by atoms with Crippen molar-refractivity contribution in [1.29, 1.82) is 0 Å². The first-order valence-electron chi connectivity index (χ1n) is 10.3. The van der Waals surface area contributed by atoms with Crippen LogP contribution in [0.25, 0.3) is 0 Å². The zero-order valence-electron chi connectivity index (χ0n) is 18.7. The number of hydrogen-bond donors (Lipinski definition) is 3. The fourth-order valence-corrected chi connectivity index (χ4v) is 5.57. The molecule has 0 aliphatic heterocycles. The first kappa shape index (κ1) is 25.5.